The van der Waals surface area contributed by atoms with Crippen LogP contribution in [0.5, 0.6) is 0 Å². The van der Waals surface area contributed by atoms with Gasteiger partial charge in [0.1, 0.15) is 9.88 Å². The van der Waals surface area contributed by atoms with Crippen molar-refractivity contribution in [3.8, 4) is 0 Å². The first-order valence-corrected chi connectivity index (χ1v) is 9.33. The van der Waals surface area contributed by atoms with Crippen molar-refractivity contribution in [1.82, 2.24) is 4.90 Å². The third-order valence-corrected chi connectivity index (χ3v) is 6.51. The molecule has 2 unspecified atom stereocenters. The summed E-state index contributed by atoms with van der Waals surface area (Å²) < 4.78 is 0. The van der Waals surface area contributed by atoms with Crippen LogP contribution in [0.4, 0.5) is 10.7 Å². The maximum absolute atomic E-state index is 12.3. The SMILES string of the molecule is CSc1c(N2CCC(C)C(C)C2)sc(C(=O)N(C)C)c1N. The van der Waals surface area contributed by atoms with Crippen LogP contribution in [0.25, 0.3) is 0 Å². The van der Waals surface area contributed by atoms with Crippen LogP contribution in [0.3, 0.4) is 0 Å². The molecule has 2 atom stereocenters. The predicted molar refractivity (Wildman–Crippen MR) is 93.7 cm³/mol. The van der Waals surface area contributed by atoms with Crippen molar-refractivity contribution in [2.24, 2.45) is 11.8 Å². The molecule has 0 saturated carbocycles. The second kappa shape index (κ2) is 6.48. The van der Waals surface area contributed by atoms with Crippen molar-refractivity contribution in [1.29, 1.82) is 0 Å². The first kappa shape index (κ1) is 16.5. The number of nitrogens with zero attached hydrogens (tertiary/aromatic N) is 2. The van der Waals surface area contributed by atoms with E-state index in [4.69, 9.17) is 5.73 Å². The summed E-state index contributed by atoms with van der Waals surface area (Å²) in [6.45, 7) is 6.72. The maximum Gasteiger partial charge on any atom is 0.265 e. The molecule has 6 heteroatoms. The Labute approximate surface area is 135 Å². The van der Waals surface area contributed by atoms with E-state index < -0.39 is 0 Å². The molecule has 1 fully saturated rings. The van der Waals surface area contributed by atoms with Gasteiger partial charge >= 0.3 is 0 Å². The highest BCUT2D eigenvalue weighted by Crippen LogP contribution is 2.45. The van der Waals surface area contributed by atoms with Crippen molar-refractivity contribution in [3.05, 3.63) is 4.88 Å². The summed E-state index contributed by atoms with van der Waals surface area (Å²) in [4.78, 5) is 18.0. The van der Waals surface area contributed by atoms with E-state index in [1.807, 2.05) is 6.26 Å². The molecule has 0 spiro atoms. The van der Waals surface area contributed by atoms with E-state index in [0.717, 1.165) is 23.9 Å². The molecule has 1 amide bonds. The van der Waals surface area contributed by atoms with Crippen molar-refractivity contribution < 1.29 is 4.79 Å². The largest absolute Gasteiger partial charge is 0.396 e. The van der Waals surface area contributed by atoms with Crippen molar-refractivity contribution in [2.45, 2.75) is 25.2 Å². The summed E-state index contributed by atoms with van der Waals surface area (Å²) >= 11 is 3.19. The fourth-order valence-corrected chi connectivity index (χ4v) is 4.87. The van der Waals surface area contributed by atoms with Gasteiger partial charge in [-0.2, -0.15) is 0 Å². The van der Waals surface area contributed by atoms with E-state index in [1.54, 1.807) is 42.1 Å². The number of thiophene rings is 1. The van der Waals surface area contributed by atoms with Crippen molar-refractivity contribution >= 4 is 39.7 Å². The molecule has 2 N–H and O–H groups in total. The van der Waals surface area contributed by atoms with Crippen molar-refractivity contribution in [2.75, 3.05) is 44.1 Å². The van der Waals surface area contributed by atoms with Crippen LogP contribution < -0.4 is 10.6 Å². The van der Waals surface area contributed by atoms with Crippen LogP contribution in [0, 0.1) is 11.8 Å². The lowest BCUT2D eigenvalue weighted by atomic mass is 9.89. The number of hydrogen-bond acceptors (Lipinski definition) is 5. The quantitative estimate of drug-likeness (QED) is 0.866. The third-order valence-electron chi connectivity index (χ3n) is 4.31. The molecule has 4 nitrogen and oxygen atoms in total. The predicted octanol–water partition coefficient (Wildman–Crippen LogP) is 3.24. The molecule has 1 saturated heterocycles. The van der Waals surface area contributed by atoms with Gasteiger partial charge in [0.2, 0.25) is 0 Å². The van der Waals surface area contributed by atoms with Crippen LogP contribution in [0.2, 0.25) is 0 Å². The highest BCUT2D eigenvalue weighted by molar-refractivity contribution is 7.99. The van der Waals surface area contributed by atoms with Gasteiger partial charge < -0.3 is 15.5 Å². The Morgan fingerprint density at radius 3 is 2.57 bits per heavy atom. The monoisotopic (exact) mass is 327 g/mol. The minimum atomic E-state index is -0.00234. The van der Waals surface area contributed by atoms with Crippen LogP contribution in [-0.2, 0) is 0 Å². The zero-order valence-corrected chi connectivity index (χ0v) is 15.1. The van der Waals surface area contributed by atoms with Crippen molar-refractivity contribution in [3.63, 3.8) is 0 Å². The van der Waals surface area contributed by atoms with Gasteiger partial charge in [-0.15, -0.1) is 23.1 Å². The molecule has 118 valence electrons. The average Bonchev–Trinajstić information content (AvgIpc) is 2.77. The van der Waals surface area contributed by atoms with E-state index in [1.165, 1.54) is 11.4 Å². The lowest BCUT2D eigenvalue weighted by molar-refractivity contribution is 0.0833. The molecule has 0 radical (unpaired) electrons. The van der Waals surface area contributed by atoms with E-state index in [0.29, 0.717) is 16.5 Å². The Kier molecular flexibility index (Phi) is 5.09. The van der Waals surface area contributed by atoms with E-state index in [-0.39, 0.29) is 5.91 Å². The second-order valence-corrected chi connectivity index (χ2v) is 7.89. The zero-order chi connectivity index (χ0) is 15.7. The molecule has 1 aliphatic rings. The maximum atomic E-state index is 12.3. The van der Waals surface area contributed by atoms with E-state index in [9.17, 15) is 4.79 Å². The Bertz CT molecular complexity index is 527. The van der Waals surface area contributed by atoms with E-state index >= 15 is 0 Å². The molecule has 0 bridgehead atoms. The minimum absolute atomic E-state index is 0.00234. The van der Waals surface area contributed by atoms with Gasteiger partial charge in [0.05, 0.1) is 10.6 Å². The fraction of sp³-hybridized carbons (Fsp3) is 0.667. The average molecular weight is 328 g/mol. The molecule has 21 heavy (non-hydrogen) atoms. The molecule has 2 rings (SSSR count). The second-order valence-electron chi connectivity index (χ2n) is 6.07. The first-order valence-electron chi connectivity index (χ1n) is 7.29. The lowest BCUT2D eigenvalue weighted by Crippen LogP contribution is -2.38. The summed E-state index contributed by atoms with van der Waals surface area (Å²) in [6, 6.07) is 0. The molecule has 1 aromatic heterocycles. The molecular weight excluding hydrogens is 302 g/mol. The number of carbonyl (C=O) groups is 1. The highest BCUT2D eigenvalue weighted by atomic mass is 32.2. The molecule has 1 aliphatic heterocycles. The first-order chi connectivity index (χ1) is 9.86. The van der Waals surface area contributed by atoms with Gasteiger partial charge in [0.25, 0.3) is 5.91 Å². The van der Waals surface area contributed by atoms with Gasteiger partial charge in [-0.1, -0.05) is 13.8 Å². The minimum Gasteiger partial charge on any atom is -0.396 e. The van der Waals surface area contributed by atoms with Gasteiger partial charge in [0.15, 0.2) is 0 Å². The normalized spacial score (nSPS) is 22.4. The number of amides is 1. The Balaban J connectivity index is 2.35. The van der Waals surface area contributed by atoms with Gasteiger partial charge in [-0.05, 0) is 24.5 Å². The Hall–Kier alpha value is -0.880. The number of hydrogen-bond donors (Lipinski definition) is 1. The number of thioether (sulfide) groups is 1. The summed E-state index contributed by atoms with van der Waals surface area (Å²) in [5.74, 6) is 1.43. The summed E-state index contributed by atoms with van der Waals surface area (Å²) in [5.41, 5.74) is 6.88. The molecular formula is C15H25N3OS2. The zero-order valence-electron chi connectivity index (χ0n) is 13.5. The van der Waals surface area contributed by atoms with Crippen LogP contribution >= 0.6 is 23.1 Å². The van der Waals surface area contributed by atoms with Crippen LogP contribution in [0.15, 0.2) is 4.90 Å². The lowest BCUT2D eigenvalue weighted by Gasteiger charge is -2.36. The summed E-state index contributed by atoms with van der Waals surface area (Å²) in [7, 11) is 3.54. The molecule has 2 heterocycles. The van der Waals surface area contributed by atoms with Gasteiger partial charge in [-0.25, -0.2) is 0 Å². The Morgan fingerprint density at radius 2 is 2.05 bits per heavy atom. The van der Waals surface area contributed by atoms with E-state index in [2.05, 4.69) is 18.7 Å². The highest BCUT2D eigenvalue weighted by Gasteiger charge is 2.29. The number of carbonyl (C=O) groups excluding carboxylic acids is 1. The molecule has 1 aromatic rings. The third kappa shape index (κ3) is 3.16. The smallest absolute Gasteiger partial charge is 0.265 e. The summed E-state index contributed by atoms with van der Waals surface area (Å²) in [6.07, 6.45) is 3.23. The number of nitrogens with two attached hydrogens (primary N) is 1. The fourth-order valence-electron chi connectivity index (χ4n) is 2.63. The van der Waals surface area contributed by atoms with Gasteiger partial charge in [0, 0.05) is 27.2 Å². The van der Waals surface area contributed by atoms with Gasteiger partial charge in [-0.3, -0.25) is 4.79 Å². The number of anilines is 2. The summed E-state index contributed by atoms with van der Waals surface area (Å²) in [5, 5.41) is 1.17. The molecule has 0 aliphatic carbocycles. The number of rotatable bonds is 3. The van der Waals surface area contributed by atoms with Crippen LogP contribution in [-0.4, -0.2) is 44.2 Å². The standard InChI is InChI=1S/C15H25N3OS2/c1-9-6-7-18(8-10(9)2)15-13(20-5)11(16)12(21-15)14(19)17(3)4/h9-10H,6-8,16H2,1-5H3. The number of nitrogen functional groups attached to an aromatic ring is 1. The van der Waals surface area contributed by atoms with Crippen LogP contribution in [0.1, 0.15) is 29.9 Å². The number of piperidine rings is 1. The molecule has 0 aromatic carbocycles. The topological polar surface area (TPSA) is 49.6 Å². The Morgan fingerprint density at radius 1 is 1.38 bits per heavy atom.